The number of nitrogens with zero attached hydrogens (tertiary/aromatic N) is 3. The third-order valence-electron chi connectivity index (χ3n) is 3.39. The number of benzene rings is 1. The van der Waals surface area contributed by atoms with Crippen molar-refractivity contribution in [2.45, 2.75) is 26.4 Å². The standard InChI is InChI=1S/C13H18F2N4/c1-8(2)18(3)6-7-19-12-10(17-13(19)16)5-4-9(14)11(12)15/h4-5,8H,6-7H2,1-3H3,(H2,16,17). The Morgan fingerprint density at radius 2 is 2.05 bits per heavy atom. The first kappa shape index (κ1) is 13.7. The Morgan fingerprint density at radius 1 is 1.37 bits per heavy atom. The zero-order valence-corrected chi connectivity index (χ0v) is 11.3. The molecule has 2 rings (SSSR count). The molecule has 0 aliphatic heterocycles. The van der Waals surface area contributed by atoms with Gasteiger partial charge in [0.25, 0.3) is 0 Å². The molecule has 4 nitrogen and oxygen atoms in total. The molecule has 2 N–H and O–H groups in total. The number of halogens is 2. The predicted molar refractivity (Wildman–Crippen MR) is 71.8 cm³/mol. The molecule has 6 heteroatoms. The number of imidazole rings is 1. The first-order valence-electron chi connectivity index (χ1n) is 6.21. The first-order valence-corrected chi connectivity index (χ1v) is 6.21. The molecule has 0 radical (unpaired) electrons. The average Bonchev–Trinajstić information content (AvgIpc) is 2.67. The summed E-state index contributed by atoms with van der Waals surface area (Å²) in [7, 11) is 1.97. The van der Waals surface area contributed by atoms with Crippen LogP contribution in [0.15, 0.2) is 12.1 Å². The third-order valence-corrected chi connectivity index (χ3v) is 3.39. The van der Waals surface area contributed by atoms with Gasteiger partial charge in [-0.1, -0.05) is 0 Å². The van der Waals surface area contributed by atoms with Gasteiger partial charge < -0.3 is 15.2 Å². The molecule has 0 saturated carbocycles. The van der Waals surface area contributed by atoms with Crippen molar-refractivity contribution >= 4 is 17.0 Å². The molecule has 0 atom stereocenters. The number of aromatic nitrogens is 2. The van der Waals surface area contributed by atoms with Gasteiger partial charge in [-0.25, -0.2) is 13.8 Å². The molecule has 1 aromatic carbocycles. The van der Waals surface area contributed by atoms with Crippen molar-refractivity contribution in [1.82, 2.24) is 14.5 Å². The lowest BCUT2D eigenvalue weighted by Gasteiger charge is -2.21. The van der Waals surface area contributed by atoms with E-state index in [9.17, 15) is 8.78 Å². The Bertz CT molecular complexity index is 592. The first-order chi connectivity index (χ1) is 8.91. The third kappa shape index (κ3) is 2.53. The molecule has 0 spiro atoms. The molecule has 1 heterocycles. The maximum absolute atomic E-state index is 13.9. The lowest BCUT2D eigenvalue weighted by Crippen LogP contribution is -2.30. The van der Waals surface area contributed by atoms with E-state index in [-0.39, 0.29) is 11.5 Å². The van der Waals surface area contributed by atoms with Crippen LogP contribution in [-0.2, 0) is 6.54 Å². The summed E-state index contributed by atoms with van der Waals surface area (Å²) in [6, 6.07) is 2.87. The topological polar surface area (TPSA) is 47.1 Å². The number of anilines is 1. The molecule has 0 aliphatic rings. The van der Waals surface area contributed by atoms with Crippen LogP contribution in [0.1, 0.15) is 13.8 Å². The van der Waals surface area contributed by atoms with Crippen LogP contribution in [0.2, 0.25) is 0 Å². The van der Waals surface area contributed by atoms with E-state index in [1.165, 1.54) is 10.6 Å². The lowest BCUT2D eigenvalue weighted by atomic mass is 10.3. The molecule has 1 aromatic heterocycles. The normalized spacial score (nSPS) is 11.9. The van der Waals surface area contributed by atoms with E-state index >= 15 is 0 Å². The summed E-state index contributed by atoms with van der Waals surface area (Å²) in [6.45, 7) is 5.28. The summed E-state index contributed by atoms with van der Waals surface area (Å²) in [5.41, 5.74) is 6.29. The second-order valence-corrected chi connectivity index (χ2v) is 4.93. The summed E-state index contributed by atoms with van der Waals surface area (Å²) in [5.74, 6) is -1.57. The van der Waals surface area contributed by atoms with Gasteiger partial charge in [-0.15, -0.1) is 0 Å². The quantitative estimate of drug-likeness (QED) is 0.925. The van der Waals surface area contributed by atoms with E-state index in [1.54, 1.807) is 0 Å². The minimum absolute atomic E-state index is 0.134. The molecule has 0 saturated heterocycles. The van der Waals surface area contributed by atoms with Gasteiger partial charge in [-0.3, -0.25) is 0 Å². The highest BCUT2D eigenvalue weighted by Crippen LogP contribution is 2.23. The van der Waals surface area contributed by atoms with Gasteiger partial charge in [0.2, 0.25) is 5.95 Å². The number of nitrogen functional groups attached to an aromatic ring is 1. The van der Waals surface area contributed by atoms with Crippen molar-refractivity contribution in [2.24, 2.45) is 0 Å². The molecular weight excluding hydrogens is 250 g/mol. The molecule has 0 bridgehead atoms. The summed E-state index contributed by atoms with van der Waals surface area (Å²) in [6.07, 6.45) is 0. The average molecular weight is 268 g/mol. The van der Waals surface area contributed by atoms with Crippen LogP contribution in [-0.4, -0.2) is 34.1 Å². The maximum atomic E-state index is 13.9. The molecule has 0 aliphatic carbocycles. The van der Waals surface area contributed by atoms with Gasteiger partial charge in [0, 0.05) is 19.1 Å². The van der Waals surface area contributed by atoms with Crippen molar-refractivity contribution in [3.05, 3.63) is 23.8 Å². The van der Waals surface area contributed by atoms with E-state index < -0.39 is 11.6 Å². The van der Waals surface area contributed by atoms with Crippen LogP contribution in [0.3, 0.4) is 0 Å². The monoisotopic (exact) mass is 268 g/mol. The highest BCUT2D eigenvalue weighted by molar-refractivity contribution is 5.79. The fourth-order valence-electron chi connectivity index (χ4n) is 1.92. The van der Waals surface area contributed by atoms with Crippen molar-refractivity contribution in [1.29, 1.82) is 0 Å². The van der Waals surface area contributed by atoms with Crippen molar-refractivity contribution in [2.75, 3.05) is 19.3 Å². The van der Waals surface area contributed by atoms with E-state index in [0.29, 0.717) is 24.6 Å². The van der Waals surface area contributed by atoms with E-state index in [2.05, 4.69) is 23.7 Å². The largest absolute Gasteiger partial charge is 0.369 e. The predicted octanol–water partition coefficient (Wildman–Crippen LogP) is 2.24. The Labute approximate surface area is 110 Å². The SMILES string of the molecule is CC(C)N(C)CCn1c(N)nc2ccc(F)c(F)c21. The summed E-state index contributed by atoms with van der Waals surface area (Å²) in [4.78, 5) is 6.15. The molecule has 0 fully saturated rings. The van der Waals surface area contributed by atoms with Crippen molar-refractivity contribution < 1.29 is 8.78 Å². The zero-order valence-electron chi connectivity index (χ0n) is 11.3. The van der Waals surface area contributed by atoms with E-state index in [1.807, 2.05) is 7.05 Å². The summed E-state index contributed by atoms with van der Waals surface area (Å²) >= 11 is 0. The van der Waals surface area contributed by atoms with Gasteiger partial charge in [0.15, 0.2) is 11.6 Å². The van der Waals surface area contributed by atoms with Gasteiger partial charge in [0.05, 0.1) is 5.52 Å². The van der Waals surface area contributed by atoms with Crippen LogP contribution < -0.4 is 5.73 Å². The minimum atomic E-state index is -0.895. The Balaban J connectivity index is 2.37. The van der Waals surface area contributed by atoms with Gasteiger partial charge in [-0.05, 0) is 33.0 Å². The molecular formula is C13H18F2N4. The minimum Gasteiger partial charge on any atom is -0.369 e. The summed E-state index contributed by atoms with van der Waals surface area (Å²) in [5, 5.41) is 0. The highest BCUT2D eigenvalue weighted by Gasteiger charge is 2.16. The molecule has 0 amide bonds. The maximum Gasteiger partial charge on any atom is 0.201 e. The Hall–Kier alpha value is -1.69. The fraction of sp³-hybridized carbons (Fsp3) is 0.462. The second kappa shape index (κ2) is 5.13. The number of rotatable bonds is 4. The smallest absolute Gasteiger partial charge is 0.201 e. The Morgan fingerprint density at radius 3 is 2.68 bits per heavy atom. The van der Waals surface area contributed by atoms with Gasteiger partial charge in [0.1, 0.15) is 5.52 Å². The number of hydrogen-bond donors (Lipinski definition) is 1. The van der Waals surface area contributed by atoms with Gasteiger partial charge >= 0.3 is 0 Å². The van der Waals surface area contributed by atoms with Crippen LogP contribution in [0.5, 0.6) is 0 Å². The van der Waals surface area contributed by atoms with E-state index in [0.717, 1.165) is 6.07 Å². The van der Waals surface area contributed by atoms with Crippen LogP contribution in [0.4, 0.5) is 14.7 Å². The van der Waals surface area contributed by atoms with Crippen LogP contribution in [0.25, 0.3) is 11.0 Å². The number of hydrogen-bond acceptors (Lipinski definition) is 3. The molecule has 104 valence electrons. The summed E-state index contributed by atoms with van der Waals surface area (Å²) < 4.78 is 28.7. The molecule has 0 unspecified atom stereocenters. The van der Waals surface area contributed by atoms with Crippen molar-refractivity contribution in [3.8, 4) is 0 Å². The van der Waals surface area contributed by atoms with Crippen LogP contribution in [0, 0.1) is 11.6 Å². The fourth-order valence-corrected chi connectivity index (χ4v) is 1.92. The van der Waals surface area contributed by atoms with Crippen molar-refractivity contribution in [3.63, 3.8) is 0 Å². The molecule has 2 aromatic rings. The van der Waals surface area contributed by atoms with Gasteiger partial charge in [-0.2, -0.15) is 0 Å². The number of nitrogens with two attached hydrogens (primary N) is 1. The number of likely N-dealkylation sites (N-methyl/N-ethyl adjacent to an activating group) is 1. The highest BCUT2D eigenvalue weighted by atomic mass is 19.2. The number of fused-ring (bicyclic) bond motifs is 1. The molecule has 19 heavy (non-hydrogen) atoms. The lowest BCUT2D eigenvalue weighted by molar-refractivity contribution is 0.264. The Kier molecular flexibility index (Phi) is 3.71. The van der Waals surface area contributed by atoms with E-state index in [4.69, 9.17) is 5.73 Å². The zero-order chi connectivity index (χ0) is 14.2. The second-order valence-electron chi connectivity index (χ2n) is 4.93. The van der Waals surface area contributed by atoms with Crippen LogP contribution >= 0.6 is 0 Å².